The van der Waals surface area contributed by atoms with Crippen LogP contribution in [0.15, 0.2) is 35.1 Å². The predicted molar refractivity (Wildman–Crippen MR) is 112 cm³/mol. The Morgan fingerprint density at radius 2 is 1.91 bits per heavy atom. The minimum atomic E-state index is -4.46. The summed E-state index contributed by atoms with van der Waals surface area (Å²) in [6, 6.07) is 6.22. The van der Waals surface area contributed by atoms with Gasteiger partial charge in [-0.25, -0.2) is 18.9 Å². The average Bonchev–Trinajstić information content (AvgIpc) is 3.07. The molecule has 0 unspecified atom stereocenters. The molecule has 10 heteroatoms. The Kier molecular flexibility index (Phi) is 5.79. The summed E-state index contributed by atoms with van der Waals surface area (Å²) in [6.07, 6.45) is -0.640. The fraction of sp³-hybridized carbons (Fsp3) is 0.455. The first-order valence-corrected chi connectivity index (χ1v) is 10.6. The van der Waals surface area contributed by atoms with Crippen molar-refractivity contribution in [2.75, 3.05) is 6.54 Å². The van der Waals surface area contributed by atoms with Gasteiger partial charge in [0.25, 0.3) is 0 Å². The zero-order chi connectivity index (χ0) is 23.0. The van der Waals surface area contributed by atoms with Crippen molar-refractivity contribution in [2.24, 2.45) is 0 Å². The van der Waals surface area contributed by atoms with Gasteiger partial charge in [0.15, 0.2) is 5.65 Å². The van der Waals surface area contributed by atoms with E-state index in [0.717, 1.165) is 42.5 Å². The molecule has 0 saturated carbocycles. The molecule has 7 nitrogen and oxygen atoms in total. The third-order valence-electron chi connectivity index (χ3n) is 5.87. The molecule has 1 aromatic carbocycles. The van der Waals surface area contributed by atoms with Crippen molar-refractivity contribution in [3.63, 3.8) is 0 Å². The number of hydrogen-bond acceptors (Lipinski definition) is 4. The Morgan fingerprint density at radius 3 is 2.56 bits per heavy atom. The minimum Gasteiger partial charge on any atom is -0.338 e. The van der Waals surface area contributed by atoms with E-state index >= 15 is 0 Å². The van der Waals surface area contributed by atoms with Crippen molar-refractivity contribution in [1.82, 2.24) is 24.1 Å². The van der Waals surface area contributed by atoms with Crippen molar-refractivity contribution < 1.29 is 18.0 Å². The normalized spacial score (nSPS) is 17.2. The van der Waals surface area contributed by atoms with Crippen LogP contribution in [-0.4, -0.2) is 42.6 Å². The zero-order valence-corrected chi connectivity index (χ0v) is 17.9. The summed E-state index contributed by atoms with van der Waals surface area (Å²) >= 11 is 0. The highest BCUT2D eigenvalue weighted by Gasteiger charge is 2.30. The average molecular weight is 447 g/mol. The van der Waals surface area contributed by atoms with Crippen LogP contribution in [-0.2, 0) is 17.5 Å². The fourth-order valence-corrected chi connectivity index (χ4v) is 4.23. The molecule has 1 amide bonds. The summed E-state index contributed by atoms with van der Waals surface area (Å²) < 4.78 is 41.1. The quantitative estimate of drug-likeness (QED) is 0.612. The van der Waals surface area contributed by atoms with Crippen LogP contribution in [0.25, 0.3) is 17.0 Å². The third kappa shape index (κ3) is 4.13. The van der Waals surface area contributed by atoms with E-state index in [4.69, 9.17) is 0 Å². The number of nitrogens with zero attached hydrogens (tertiary/aromatic N) is 5. The van der Waals surface area contributed by atoms with Gasteiger partial charge in [-0.2, -0.15) is 13.2 Å². The molecule has 1 aliphatic heterocycles. The number of carbonyl (C=O) groups is 1. The number of hydrogen-bond donors (Lipinski definition) is 0. The number of alkyl halides is 3. The number of carbonyl (C=O) groups excluding carboxylic acids is 1. The van der Waals surface area contributed by atoms with Crippen LogP contribution in [0, 0.1) is 6.92 Å². The molecular weight excluding hydrogens is 423 g/mol. The molecule has 1 saturated heterocycles. The van der Waals surface area contributed by atoms with E-state index in [1.807, 2.05) is 11.8 Å². The van der Waals surface area contributed by atoms with E-state index in [1.165, 1.54) is 16.5 Å². The number of likely N-dealkylation sites (tertiary alicyclic amines) is 1. The number of aromatic nitrogens is 4. The lowest BCUT2D eigenvalue weighted by Gasteiger charge is -2.35. The molecule has 0 aliphatic carbocycles. The highest BCUT2D eigenvalue weighted by molar-refractivity contribution is 5.76. The Morgan fingerprint density at radius 1 is 1.19 bits per heavy atom. The third-order valence-corrected chi connectivity index (χ3v) is 5.87. The van der Waals surface area contributed by atoms with Gasteiger partial charge >= 0.3 is 11.9 Å². The molecule has 32 heavy (non-hydrogen) atoms. The molecule has 1 atom stereocenters. The molecule has 3 heterocycles. The molecule has 3 aromatic rings. The second kappa shape index (κ2) is 8.40. The van der Waals surface area contributed by atoms with Crippen molar-refractivity contribution in [3.05, 3.63) is 52.1 Å². The second-order valence-corrected chi connectivity index (χ2v) is 8.08. The van der Waals surface area contributed by atoms with E-state index in [1.54, 1.807) is 13.0 Å². The lowest BCUT2D eigenvalue weighted by molar-refractivity contribution is -0.137. The largest absolute Gasteiger partial charge is 0.416 e. The maximum atomic E-state index is 13.1. The number of aryl methyl sites for hydroxylation is 1. The Bertz CT molecular complexity index is 1200. The van der Waals surface area contributed by atoms with Gasteiger partial charge in [0.05, 0.1) is 5.56 Å². The van der Waals surface area contributed by atoms with Gasteiger partial charge in [-0.05, 0) is 44.7 Å². The van der Waals surface area contributed by atoms with Crippen LogP contribution in [0.4, 0.5) is 13.2 Å². The highest BCUT2D eigenvalue weighted by Crippen LogP contribution is 2.30. The molecular formula is C22H24F3N5O2. The molecule has 4 rings (SSSR count). The lowest BCUT2D eigenvalue weighted by Crippen LogP contribution is -2.45. The second-order valence-electron chi connectivity index (χ2n) is 8.08. The minimum absolute atomic E-state index is 0.163. The number of amides is 1. The fourth-order valence-electron chi connectivity index (χ4n) is 4.23. The predicted octanol–water partition coefficient (Wildman–Crippen LogP) is 3.68. The number of rotatable bonds is 4. The van der Waals surface area contributed by atoms with Crippen LogP contribution >= 0.6 is 0 Å². The van der Waals surface area contributed by atoms with Gasteiger partial charge in [0.2, 0.25) is 5.91 Å². The Hall–Kier alpha value is -3.17. The van der Waals surface area contributed by atoms with Crippen LogP contribution in [0.2, 0.25) is 0 Å². The number of piperidine rings is 1. The monoisotopic (exact) mass is 447 g/mol. The molecule has 1 fully saturated rings. The van der Waals surface area contributed by atoms with Crippen LogP contribution in [0.5, 0.6) is 0 Å². The van der Waals surface area contributed by atoms with Crippen LogP contribution < -0.4 is 5.69 Å². The van der Waals surface area contributed by atoms with E-state index in [9.17, 15) is 22.8 Å². The van der Waals surface area contributed by atoms with E-state index in [-0.39, 0.29) is 30.0 Å². The van der Waals surface area contributed by atoms with Crippen molar-refractivity contribution >= 4 is 11.6 Å². The van der Waals surface area contributed by atoms with Crippen molar-refractivity contribution in [3.8, 4) is 11.4 Å². The number of halogens is 3. The molecule has 0 spiro atoms. The standard InChI is InChI=1S/C22H24F3N5O2/c1-3-17-6-4-5-11-28(17)19(31)13-29-21(32)30-18(27-29)12-14(2)26-20(30)15-7-9-16(10-8-15)22(23,24)25/h7-10,12,17H,3-6,11,13H2,1-2H3/t17-/m0/s1. The van der Waals surface area contributed by atoms with Crippen molar-refractivity contribution in [2.45, 2.75) is 58.3 Å². The summed E-state index contributed by atoms with van der Waals surface area (Å²) in [5, 5.41) is 4.30. The zero-order valence-electron chi connectivity index (χ0n) is 17.9. The summed E-state index contributed by atoms with van der Waals surface area (Å²) in [5.74, 6) is 0.0182. The maximum absolute atomic E-state index is 13.1. The number of benzene rings is 1. The van der Waals surface area contributed by atoms with Gasteiger partial charge in [-0.3, -0.25) is 4.79 Å². The van der Waals surface area contributed by atoms with E-state index in [0.29, 0.717) is 17.8 Å². The SMILES string of the molecule is CC[C@H]1CCCCN1C(=O)Cn1nc2cc(C)nc(-c3ccc(C(F)(F)F)cc3)n2c1=O. The molecule has 0 bridgehead atoms. The summed E-state index contributed by atoms with van der Waals surface area (Å²) in [6.45, 7) is 4.22. The van der Waals surface area contributed by atoms with Crippen LogP contribution in [0.1, 0.15) is 43.9 Å². The molecule has 170 valence electrons. The summed E-state index contributed by atoms with van der Waals surface area (Å²) in [4.78, 5) is 32.2. The van der Waals surface area contributed by atoms with E-state index in [2.05, 4.69) is 10.1 Å². The van der Waals surface area contributed by atoms with Gasteiger partial charge in [-0.15, -0.1) is 5.10 Å². The van der Waals surface area contributed by atoms with Gasteiger partial charge in [-0.1, -0.05) is 19.1 Å². The summed E-state index contributed by atoms with van der Waals surface area (Å²) in [5.41, 5.74) is -0.151. The first-order valence-electron chi connectivity index (χ1n) is 10.6. The smallest absolute Gasteiger partial charge is 0.338 e. The molecule has 0 radical (unpaired) electrons. The first-order chi connectivity index (χ1) is 15.2. The summed E-state index contributed by atoms with van der Waals surface area (Å²) in [7, 11) is 0. The lowest BCUT2D eigenvalue weighted by atomic mass is 10.00. The first kappa shape index (κ1) is 22.0. The molecule has 2 aromatic heterocycles. The molecule has 1 aliphatic rings. The topological polar surface area (TPSA) is 72.5 Å². The van der Waals surface area contributed by atoms with Crippen molar-refractivity contribution in [1.29, 1.82) is 0 Å². The Balaban J connectivity index is 1.71. The van der Waals surface area contributed by atoms with Gasteiger partial charge < -0.3 is 4.90 Å². The number of fused-ring (bicyclic) bond motifs is 1. The van der Waals surface area contributed by atoms with Gasteiger partial charge in [0.1, 0.15) is 12.4 Å². The Labute approximate surface area is 182 Å². The van der Waals surface area contributed by atoms with E-state index < -0.39 is 17.4 Å². The van der Waals surface area contributed by atoms with Gasteiger partial charge in [0, 0.05) is 29.9 Å². The highest BCUT2D eigenvalue weighted by atomic mass is 19.4. The maximum Gasteiger partial charge on any atom is 0.416 e. The van der Waals surface area contributed by atoms with Crippen LogP contribution in [0.3, 0.4) is 0 Å². The molecule has 0 N–H and O–H groups in total.